The van der Waals surface area contributed by atoms with Gasteiger partial charge in [-0.25, -0.2) is 15.0 Å². The average molecular weight is 500 g/mol. The Hall–Kier alpha value is -1.42. The second kappa shape index (κ2) is 11.4. The lowest BCUT2D eigenvalue weighted by atomic mass is 10.3. The summed E-state index contributed by atoms with van der Waals surface area (Å²) in [5.74, 6) is 1.92. The van der Waals surface area contributed by atoms with Gasteiger partial charge in [0.15, 0.2) is 5.96 Å². The van der Waals surface area contributed by atoms with Crippen LogP contribution in [0.3, 0.4) is 0 Å². The second-order valence-electron chi connectivity index (χ2n) is 6.46. The molecule has 2 aromatic rings. The van der Waals surface area contributed by atoms with E-state index in [1.807, 2.05) is 12.4 Å². The molecule has 27 heavy (non-hydrogen) atoms. The highest BCUT2D eigenvalue weighted by atomic mass is 127. The lowest BCUT2D eigenvalue weighted by Gasteiger charge is -2.16. The molecule has 3 rings (SSSR count). The van der Waals surface area contributed by atoms with Crippen molar-refractivity contribution in [1.29, 1.82) is 0 Å². The summed E-state index contributed by atoms with van der Waals surface area (Å²) in [6, 6.07) is 4.24. The zero-order valence-electron chi connectivity index (χ0n) is 16.1. The molecule has 0 aliphatic carbocycles. The maximum Gasteiger partial charge on any atom is 0.191 e. The van der Waals surface area contributed by atoms with E-state index < -0.39 is 0 Å². The number of guanidine groups is 1. The van der Waals surface area contributed by atoms with E-state index in [1.54, 1.807) is 11.3 Å². The first-order valence-corrected chi connectivity index (χ1v) is 10.2. The number of aliphatic imine (C=N–C) groups is 1. The van der Waals surface area contributed by atoms with Crippen molar-refractivity contribution in [2.75, 3.05) is 31.1 Å². The normalized spacial score (nSPS) is 14.1. The molecule has 1 fully saturated rings. The average Bonchev–Trinajstić information content (AvgIpc) is 3.32. The largest absolute Gasteiger partial charge is 0.357 e. The molecule has 0 aromatic carbocycles. The van der Waals surface area contributed by atoms with Crippen LogP contribution in [0.15, 0.2) is 29.5 Å². The van der Waals surface area contributed by atoms with Gasteiger partial charge in [-0.3, -0.25) is 0 Å². The Labute approximate surface area is 182 Å². The van der Waals surface area contributed by atoms with Gasteiger partial charge in [-0.15, -0.1) is 35.3 Å². The van der Waals surface area contributed by atoms with Crippen LogP contribution in [-0.2, 0) is 13.0 Å². The van der Waals surface area contributed by atoms with Crippen LogP contribution in [0.5, 0.6) is 0 Å². The van der Waals surface area contributed by atoms with E-state index in [4.69, 9.17) is 0 Å². The summed E-state index contributed by atoms with van der Waals surface area (Å²) in [4.78, 5) is 17.3. The van der Waals surface area contributed by atoms with Crippen molar-refractivity contribution in [3.05, 3.63) is 40.0 Å². The van der Waals surface area contributed by atoms with Crippen LogP contribution in [0.4, 0.5) is 5.82 Å². The van der Waals surface area contributed by atoms with E-state index in [0.29, 0.717) is 6.54 Å². The summed E-state index contributed by atoms with van der Waals surface area (Å²) in [5.41, 5.74) is 1.13. The first-order chi connectivity index (χ1) is 12.7. The van der Waals surface area contributed by atoms with Gasteiger partial charge in [0.05, 0.1) is 11.6 Å². The van der Waals surface area contributed by atoms with Crippen LogP contribution in [0.1, 0.15) is 35.2 Å². The zero-order chi connectivity index (χ0) is 18.2. The van der Waals surface area contributed by atoms with Gasteiger partial charge < -0.3 is 15.5 Å². The summed E-state index contributed by atoms with van der Waals surface area (Å²) < 4.78 is 0. The number of nitrogens with zero attached hydrogens (tertiary/aromatic N) is 4. The molecule has 0 spiro atoms. The molecule has 0 atom stereocenters. The quantitative estimate of drug-likeness (QED) is 0.347. The van der Waals surface area contributed by atoms with Crippen LogP contribution >= 0.6 is 35.3 Å². The van der Waals surface area contributed by atoms with Crippen molar-refractivity contribution in [3.63, 3.8) is 0 Å². The first-order valence-electron chi connectivity index (χ1n) is 9.38. The monoisotopic (exact) mass is 500 g/mol. The molecule has 3 heterocycles. The van der Waals surface area contributed by atoms with Gasteiger partial charge in [0.2, 0.25) is 0 Å². The SMILES string of the molecule is CCNC(=NCc1ccc(N2CCCC2)nc1)NCCc1ncc(C)s1.I. The van der Waals surface area contributed by atoms with Crippen LogP contribution in [0, 0.1) is 6.92 Å². The Morgan fingerprint density at radius 3 is 2.63 bits per heavy atom. The number of hydrogen-bond donors (Lipinski definition) is 2. The predicted molar refractivity (Wildman–Crippen MR) is 124 cm³/mol. The number of aromatic nitrogens is 2. The molecular weight excluding hydrogens is 471 g/mol. The summed E-state index contributed by atoms with van der Waals surface area (Å²) >= 11 is 1.75. The topological polar surface area (TPSA) is 65.4 Å². The van der Waals surface area contributed by atoms with Crippen LogP contribution in [0.2, 0.25) is 0 Å². The van der Waals surface area contributed by atoms with E-state index >= 15 is 0 Å². The van der Waals surface area contributed by atoms with Crippen LogP contribution in [-0.4, -0.2) is 42.1 Å². The Bertz CT molecular complexity index is 709. The zero-order valence-corrected chi connectivity index (χ0v) is 19.2. The molecule has 0 radical (unpaired) electrons. The minimum Gasteiger partial charge on any atom is -0.357 e. The van der Waals surface area contributed by atoms with Crippen LogP contribution in [0.25, 0.3) is 0 Å². The van der Waals surface area contributed by atoms with Gasteiger partial charge in [0.25, 0.3) is 0 Å². The molecule has 2 N–H and O–H groups in total. The molecule has 0 amide bonds. The fourth-order valence-electron chi connectivity index (χ4n) is 2.96. The van der Waals surface area contributed by atoms with E-state index in [2.05, 4.69) is 56.5 Å². The van der Waals surface area contributed by atoms with E-state index in [-0.39, 0.29) is 24.0 Å². The number of thiazole rings is 1. The molecule has 0 bridgehead atoms. The van der Waals surface area contributed by atoms with Crippen molar-refractivity contribution in [1.82, 2.24) is 20.6 Å². The third-order valence-electron chi connectivity index (χ3n) is 4.30. The molecule has 1 aliphatic heterocycles. The number of nitrogens with one attached hydrogen (secondary N) is 2. The van der Waals surface area contributed by atoms with Crippen molar-refractivity contribution < 1.29 is 0 Å². The molecule has 8 heteroatoms. The fraction of sp³-hybridized carbons (Fsp3) is 0.526. The highest BCUT2D eigenvalue weighted by Crippen LogP contribution is 2.17. The van der Waals surface area contributed by atoms with Crippen molar-refractivity contribution in [3.8, 4) is 0 Å². The third kappa shape index (κ3) is 6.91. The minimum absolute atomic E-state index is 0. The Kier molecular flexibility index (Phi) is 9.26. The standard InChI is InChI=1S/C19H28N6S.HI/c1-3-20-19(21-9-8-18-23-12-15(2)26-18)24-14-16-6-7-17(22-13-16)25-10-4-5-11-25;/h6-7,12-13H,3-5,8-11,14H2,1-2H3,(H2,20,21,24);1H. The molecule has 2 aromatic heterocycles. The van der Waals surface area contributed by atoms with Gasteiger partial charge in [0, 0.05) is 49.9 Å². The smallest absolute Gasteiger partial charge is 0.191 e. The molecule has 0 unspecified atom stereocenters. The number of halogens is 1. The van der Waals surface area contributed by atoms with Gasteiger partial charge >= 0.3 is 0 Å². The molecular formula is C19H29IN6S. The minimum atomic E-state index is 0. The lowest BCUT2D eigenvalue weighted by Crippen LogP contribution is -2.38. The van der Waals surface area contributed by atoms with Gasteiger partial charge in [0.1, 0.15) is 5.82 Å². The highest BCUT2D eigenvalue weighted by Gasteiger charge is 2.12. The summed E-state index contributed by atoms with van der Waals surface area (Å²) in [7, 11) is 0. The van der Waals surface area contributed by atoms with Crippen molar-refractivity contribution >= 4 is 47.1 Å². The summed E-state index contributed by atoms with van der Waals surface area (Å²) in [6.45, 7) is 8.70. The third-order valence-corrected chi connectivity index (χ3v) is 5.28. The number of pyridine rings is 1. The fourth-order valence-corrected chi connectivity index (χ4v) is 3.75. The molecule has 6 nitrogen and oxygen atoms in total. The molecule has 1 saturated heterocycles. The Morgan fingerprint density at radius 2 is 2.00 bits per heavy atom. The van der Waals surface area contributed by atoms with Crippen molar-refractivity contribution in [2.45, 2.75) is 39.7 Å². The van der Waals surface area contributed by atoms with Gasteiger partial charge in [-0.2, -0.15) is 0 Å². The van der Waals surface area contributed by atoms with Gasteiger partial charge in [-0.05, 0) is 38.3 Å². The molecule has 0 saturated carbocycles. The first kappa shape index (κ1) is 21.9. The highest BCUT2D eigenvalue weighted by molar-refractivity contribution is 14.0. The number of anilines is 1. The Balaban J connectivity index is 0.00000261. The van der Waals surface area contributed by atoms with E-state index in [0.717, 1.165) is 54.9 Å². The molecule has 148 valence electrons. The number of aryl methyl sites for hydroxylation is 1. The predicted octanol–water partition coefficient (Wildman–Crippen LogP) is 3.36. The maximum atomic E-state index is 4.67. The van der Waals surface area contributed by atoms with Crippen molar-refractivity contribution in [2.24, 2.45) is 4.99 Å². The Morgan fingerprint density at radius 1 is 1.19 bits per heavy atom. The lowest BCUT2D eigenvalue weighted by molar-refractivity contribution is 0.796. The van der Waals surface area contributed by atoms with Gasteiger partial charge in [-0.1, -0.05) is 6.07 Å². The summed E-state index contributed by atoms with van der Waals surface area (Å²) in [6.07, 6.45) is 7.32. The second-order valence-corrected chi connectivity index (χ2v) is 7.77. The van der Waals surface area contributed by atoms with E-state index in [9.17, 15) is 0 Å². The number of hydrogen-bond acceptors (Lipinski definition) is 5. The summed E-state index contributed by atoms with van der Waals surface area (Å²) in [5, 5.41) is 7.84. The van der Waals surface area contributed by atoms with Crippen LogP contribution < -0.4 is 15.5 Å². The van der Waals surface area contributed by atoms with E-state index in [1.165, 1.54) is 17.7 Å². The maximum absolute atomic E-state index is 4.67. The molecule has 1 aliphatic rings. The number of rotatable bonds is 7.